The lowest BCUT2D eigenvalue weighted by Gasteiger charge is -2.33. The number of hydrogen-bond donors (Lipinski definition) is 2. The van der Waals surface area contributed by atoms with Crippen molar-refractivity contribution in [1.82, 2.24) is 24.7 Å². The number of hydrogen-bond acceptors (Lipinski definition) is 6. The van der Waals surface area contributed by atoms with Gasteiger partial charge in [-0.2, -0.15) is 0 Å². The molecule has 3 aromatic heterocycles. The summed E-state index contributed by atoms with van der Waals surface area (Å²) in [4.78, 5) is 24.8. The SMILES string of the molecule is O=C(N[C@H]1CCOC[C@H]1Nc1ccncn1)c1ccn2cncc2c1. The summed E-state index contributed by atoms with van der Waals surface area (Å²) in [6.45, 7) is 1.13. The Bertz CT molecular complexity index is 866. The van der Waals surface area contributed by atoms with E-state index in [1.807, 2.05) is 16.7 Å². The predicted octanol–water partition coefficient (Wildman–Crippen LogP) is 1.12. The second-order valence-corrected chi connectivity index (χ2v) is 5.93. The zero-order chi connectivity index (χ0) is 17.1. The number of fused-ring (bicyclic) bond motifs is 1. The topological polar surface area (TPSA) is 93.4 Å². The number of nitrogens with zero attached hydrogens (tertiary/aromatic N) is 4. The van der Waals surface area contributed by atoms with Crippen LogP contribution >= 0.6 is 0 Å². The smallest absolute Gasteiger partial charge is 0.251 e. The molecule has 128 valence electrons. The van der Waals surface area contributed by atoms with Crippen molar-refractivity contribution < 1.29 is 9.53 Å². The van der Waals surface area contributed by atoms with Crippen LogP contribution in [0.25, 0.3) is 5.52 Å². The Morgan fingerprint density at radius 2 is 2.24 bits per heavy atom. The summed E-state index contributed by atoms with van der Waals surface area (Å²) < 4.78 is 7.42. The molecule has 2 atom stereocenters. The van der Waals surface area contributed by atoms with E-state index in [-0.39, 0.29) is 18.0 Å². The van der Waals surface area contributed by atoms with Gasteiger partial charge in [0.15, 0.2) is 0 Å². The highest BCUT2D eigenvalue weighted by atomic mass is 16.5. The molecule has 1 aliphatic rings. The maximum absolute atomic E-state index is 12.6. The molecule has 8 heteroatoms. The third-order valence-corrected chi connectivity index (χ3v) is 4.26. The summed E-state index contributed by atoms with van der Waals surface area (Å²) in [5.41, 5.74) is 1.50. The largest absolute Gasteiger partial charge is 0.379 e. The van der Waals surface area contributed by atoms with Gasteiger partial charge in [-0.05, 0) is 24.6 Å². The minimum Gasteiger partial charge on any atom is -0.379 e. The van der Waals surface area contributed by atoms with Crippen LogP contribution in [0.15, 0.2) is 49.4 Å². The number of carbonyl (C=O) groups excluding carboxylic acids is 1. The van der Waals surface area contributed by atoms with Crippen molar-refractivity contribution in [2.45, 2.75) is 18.5 Å². The van der Waals surface area contributed by atoms with Crippen molar-refractivity contribution >= 4 is 17.2 Å². The maximum Gasteiger partial charge on any atom is 0.251 e. The molecule has 1 amide bonds. The number of carbonyl (C=O) groups is 1. The monoisotopic (exact) mass is 338 g/mol. The molecule has 0 unspecified atom stereocenters. The molecular weight excluding hydrogens is 320 g/mol. The van der Waals surface area contributed by atoms with Gasteiger partial charge < -0.3 is 19.8 Å². The summed E-state index contributed by atoms with van der Waals surface area (Å²) in [5.74, 6) is 0.607. The molecule has 0 spiro atoms. The second kappa shape index (κ2) is 6.86. The summed E-state index contributed by atoms with van der Waals surface area (Å²) in [7, 11) is 0. The lowest BCUT2D eigenvalue weighted by atomic mass is 10.0. The van der Waals surface area contributed by atoms with E-state index in [0.717, 1.165) is 11.9 Å². The number of anilines is 1. The Labute approximate surface area is 144 Å². The molecule has 0 aliphatic carbocycles. The van der Waals surface area contributed by atoms with Crippen LogP contribution in [0.1, 0.15) is 16.8 Å². The number of pyridine rings is 1. The second-order valence-electron chi connectivity index (χ2n) is 5.93. The van der Waals surface area contributed by atoms with Crippen LogP contribution in [0.3, 0.4) is 0 Å². The minimum atomic E-state index is -0.106. The van der Waals surface area contributed by atoms with Gasteiger partial charge in [0.25, 0.3) is 5.91 Å². The predicted molar refractivity (Wildman–Crippen MR) is 91.3 cm³/mol. The highest BCUT2D eigenvalue weighted by Gasteiger charge is 2.27. The molecule has 1 fully saturated rings. The van der Waals surface area contributed by atoms with Crippen LogP contribution in [0, 0.1) is 0 Å². The van der Waals surface area contributed by atoms with Gasteiger partial charge >= 0.3 is 0 Å². The fraction of sp³-hybridized carbons (Fsp3) is 0.294. The van der Waals surface area contributed by atoms with E-state index >= 15 is 0 Å². The molecule has 25 heavy (non-hydrogen) atoms. The first-order valence-corrected chi connectivity index (χ1v) is 8.12. The Hall–Kier alpha value is -3.00. The van der Waals surface area contributed by atoms with Crippen LogP contribution in [-0.4, -0.2) is 50.6 Å². The van der Waals surface area contributed by atoms with Crippen molar-refractivity contribution in [3.63, 3.8) is 0 Å². The van der Waals surface area contributed by atoms with Crippen molar-refractivity contribution in [2.75, 3.05) is 18.5 Å². The molecule has 4 rings (SSSR count). The minimum absolute atomic E-state index is 0.0441. The van der Waals surface area contributed by atoms with E-state index in [2.05, 4.69) is 25.6 Å². The number of rotatable bonds is 4. The van der Waals surface area contributed by atoms with Crippen molar-refractivity contribution in [2.24, 2.45) is 0 Å². The van der Waals surface area contributed by atoms with Gasteiger partial charge in [-0.25, -0.2) is 15.0 Å². The number of ether oxygens (including phenoxy) is 1. The maximum atomic E-state index is 12.6. The molecule has 8 nitrogen and oxygen atoms in total. The third-order valence-electron chi connectivity index (χ3n) is 4.26. The molecule has 0 bridgehead atoms. The number of nitrogens with one attached hydrogen (secondary N) is 2. The zero-order valence-corrected chi connectivity index (χ0v) is 13.5. The van der Waals surface area contributed by atoms with E-state index in [0.29, 0.717) is 24.6 Å². The quantitative estimate of drug-likeness (QED) is 0.740. The lowest BCUT2D eigenvalue weighted by molar-refractivity contribution is 0.0620. The third kappa shape index (κ3) is 3.43. The van der Waals surface area contributed by atoms with Gasteiger partial charge in [0.05, 0.1) is 36.7 Å². The van der Waals surface area contributed by atoms with E-state index in [9.17, 15) is 4.79 Å². The van der Waals surface area contributed by atoms with E-state index in [1.165, 1.54) is 6.33 Å². The Balaban J connectivity index is 1.47. The molecule has 0 saturated carbocycles. The van der Waals surface area contributed by atoms with Crippen LogP contribution in [0.2, 0.25) is 0 Å². The summed E-state index contributed by atoms with van der Waals surface area (Å²) in [6, 6.07) is 5.31. The van der Waals surface area contributed by atoms with Gasteiger partial charge in [-0.1, -0.05) is 0 Å². The van der Waals surface area contributed by atoms with Gasteiger partial charge in [-0.3, -0.25) is 4.79 Å². The Kier molecular flexibility index (Phi) is 4.26. The molecule has 1 aliphatic heterocycles. The number of aromatic nitrogens is 4. The summed E-state index contributed by atoms with van der Waals surface area (Å²) in [5, 5.41) is 6.42. The lowest BCUT2D eigenvalue weighted by Crippen LogP contribution is -2.52. The van der Waals surface area contributed by atoms with Gasteiger partial charge in [-0.15, -0.1) is 0 Å². The molecular formula is C17H18N6O2. The highest BCUT2D eigenvalue weighted by molar-refractivity contribution is 5.95. The Morgan fingerprint density at radius 1 is 1.28 bits per heavy atom. The molecule has 2 N–H and O–H groups in total. The highest BCUT2D eigenvalue weighted by Crippen LogP contribution is 2.14. The molecule has 4 heterocycles. The number of amides is 1. The number of imidazole rings is 1. The van der Waals surface area contributed by atoms with E-state index < -0.39 is 0 Å². The first-order valence-electron chi connectivity index (χ1n) is 8.12. The van der Waals surface area contributed by atoms with E-state index in [1.54, 1.807) is 30.9 Å². The van der Waals surface area contributed by atoms with Crippen LogP contribution in [0.5, 0.6) is 0 Å². The average Bonchev–Trinajstić information content (AvgIpc) is 3.12. The average molecular weight is 338 g/mol. The molecule has 0 aromatic carbocycles. The first-order chi connectivity index (χ1) is 12.3. The van der Waals surface area contributed by atoms with Crippen molar-refractivity contribution in [1.29, 1.82) is 0 Å². The summed E-state index contributed by atoms with van der Waals surface area (Å²) in [6.07, 6.45) is 9.16. The fourth-order valence-electron chi connectivity index (χ4n) is 2.93. The van der Waals surface area contributed by atoms with Gasteiger partial charge in [0, 0.05) is 24.6 Å². The molecule has 1 saturated heterocycles. The summed E-state index contributed by atoms with van der Waals surface area (Å²) >= 11 is 0. The van der Waals surface area contributed by atoms with Crippen LogP contribution in [0.4, 0.5) is 5.82 Å². The van der Waals surface area contributed by atoms with Crippen LogP contribution in [-0.2, 0) is 4.74 Å². The van der Waals surface area contributed by atoms with Crippen molar-refractivity contribution in [3.8, 4) is 0 Å². The van der Waals surface area contributed by atoms with Gasteiger partial charge in [0.1, 0.15) is 12.1 Å². The zero-order valence-electron chi connectivity index (χ0n) is 13.5. The normalized spacial score (nSPS) is 20.3. The molecule has 3 aromatic rings. The standard InChI is InChI=1S/C17H18N6O2/c24-17(12-2-5-23-11-19-8-13(23)7-12)22-14-3-6-25-9-15(14)21-16-1-4-18-10-20-16/h1-2,4-5,7-8,10-11,14-15H,3,6,9H2,(H,22,24)(H,18,20,21)/t14-,15+/m0/s1. The van der Waals surface area contributed by atoms with E-state index in [4.69, 9.17) is 4.74 Å². The van der Waals surface area contributed by atoms with Crippen molar-refractivity contribution in [3.05, 3.63) is 55.0 Å². The van der Waals surface area contributed by atoms with Crippen LogP contribution < -0.4 is 10.6 Å². The Morgan fingerprint density at radius 3 is 3.12 bits per heavy atom. The molecule has 0 radical (unpaired) electrons. The first kappa shape index (κ1) is 15.5. The van der Waals surface area contributed by atoms with Gasteiger partial charge in [0.2, 0.25) is 0 Å². The fourth-order valence-corrected chi connectivity index (χ4v) is 2.93.